The van der Waals surface area contributed by atoms with Crippen LogP contribution in [0.15, 0.2) is 0 Å². The Kier molecular flexibility index (Phi) is 4.91. The smallest absolute Gasteiger partial charge is 0.322 e. The summed E-state index contributed by atoms with van der Waals surface area (Å²) in [6, 6.07) is -0.904. The monoisotopic (exact) mass is 265 g/mol. The summed E-state index contributed by atoms with van der Waals surface area (Å²) in [7, 11) is -3.52. The number of carboxylic acid groups (broad SMARTS) is 1. The SMILES string of the molecule is CC(C)OCCS(=O)(=O)N1CCC[C@H]1C(=O)O. The van der Waals surface area contributed by atoms with Gasteiger partial charge in [0.25, 0.3) is 0 Å². The van der Waals surface area contributed by atoms with Crippen LogP contribution in [0.2, 0.25) is 0 Å². The van der Waals surface area contributed by atoms with Gasteiger partial charge in [-0.05, 0) is 26.7 Å². The summed E-state index contributed by atoms with van der Waals surface area (Å²) in [4.78, 5) is 10.9. The molecule has 0 bridgehead atoms. The first-order valence-corrected chi connectivity index (χ1v) is 7.29. The number of hydrogen-bond donors (Lipinski definition) is 1. The van der Waals surface area contributed by atoms with Gasteiger partial charge in [0.15, 0.2) is 0 Å². The Labute approximate surface area is 102 Å². The van der Waals surface area contributed by atoms with Crippen LogP contribution < -0.4 is 0 Å². The molecule has 1 atom stereocenters. The first-order valence-electron chi connectivity index (χ1n) is 5.68. The number of carbonyl (C=O) groups is 1. The summed E-state index contributed by atoms with van der Waals surface area (Å²) in [5.74, 6) is -1.23. The lowest BCUT2D eigenvalue weighted by Crippen LogP contribution is -2.42. The minimum Gasteiger partial charge on any atom is -0.480 e. The van der Waals surface area contributed by atoms with Gasteiger partial charge in [-0.25, -0.2) is 8.42 Å². The maximum atomic E-state index is 11.9. The van der Waals surface area contributed by atoms with E-state index in [0.717, 1.165) is 4.31 Å². The van der Waals surface area contributed by atoms with Gasteiger partial charge in [0, 0.05) is 6.54 Å². The van der Waals surface area contributed by atoms with Crippen LogP contribution in [0.3, 0.4) is 0 Å². The maximum Gasteiger partial charge on any atom is 0.322 e. The molecule has 0 aromatic heterocycles. The average Bonchev–Trinajstić information content (AvgIpc) is 2.65. The summed E-state index contributed by atoms with van der Waals surface area (Å²) >= 11 is 0. The van der Waals surface area contributed by atoms with Crippen molar-refractivity contribution < 1.29 is 23.1 Å². The van der Waals surface area contributed by atoms with E-state index in [9.17, 15) is 13.2 Å². The van der Waals surface area contributed by atoms with Crippen LogP contribution in [0.5, 0.6) is 0 Å². The number of nitrogens with zero attached hydrogens (tertiary/aromatic N) is 1. The summed E-state index contributed by atoms with van der Waals surface area (Å²) in [6.45, 7) is 4.04. The van der Waals surface area contributed by atoms with E-state index in [2.05, 4.69) is 0 Å². The fourth-order valence-electron chi connectivity index (χ4n) is 1.83. The minimum absolute atomic E-state index is 0.0287. The van der Waals surface area contributed by atoms with Crippen LogP contribution >= 0.6 is 0 Å². The Bertz CT molecular complexity index is 365. The third-order valence-corrected chi connectivity index (χ3v) is 4.47. The molecule has 0 saturated carbocycles. The van der Waals surface area contributed by atoms with Crippen LogP contribution in [0, 0.1) is 0 Å². The zero-order chi connectivity index (χ0) is 13.1. The van der Waals surface area contributed by atoms with Crippen LogP contribution in [-0.2, 0) is 19.6 Å². The predicted octanol–water partition coefficient (Wildman–Crippen LogP) is 0.290. The van der Waals surface area contributed by atoms with E-state index in [1.165, 1.54) is 0 Å². The molecule has 1 aliphatic rings. The largest absolute Gasteiger partial charge is 0.480 e. The number of aliphatic carboxylic acids is 1. The first-order chi connectivity index (χ1) is 7.84. The van der Waals surface area contributed by atoms with Gasteiger partial charge in [-0.2, -0.15) is 4.31 Å². The van der Waals surface area contributed by atoms with E-state index in [1.54, 1.807) is 0 Å². The van der Waals surface area contributed by atoms with Gasteiger partial charge in [0.1, 0.15) is 6.04 Å². The summed E-state index contributed by atoms with van der Waals surface area (Å²) in [5.41, 5.74) is 0. The molecule has 0 spiro atoms. The lowest BCUT2D eigenvalue weighted by molar-refractivity contribution is -0.140. The number of sulfonamides is 1. The van der Waals surface area contributed by atoms with Crippen LogP contribution in [0.1, 0.15) is 26.7 Å². The summed E-state index contributed by atoms with van der Waals surface area (Å²) in [6.07, 6.45) is 0.958. The Morgan fingerprint density at radius 1 is 1.53 bits per heavy atom. The molecule has 17 heavy (non-hydrogen) atoms. The third kappa shape index (κ3) is 3.93. The van der Waals surface area contributed by atoms with Crippen molar-refractivity contribution in [2.45, 2.75) is 38.8 Å². The highest BCUT2D eigenvalue weighted by Crippen LogP contribution is 2.21. The standard InChI is InChI=1S/C10H19NO5S/c1-8(2)16-6-7-17(14,15)11-5-3-4-9(11)10(12)13/h8-9H,3-7H2,1-2H3,(H,12,13)/t9-/m0/s1. The molecule has 1 rings (SSSR count). The van der Waals surface area contributed by atoms with E-state index >= 15 is 0 Å². The lowest BCUT2D eigenvalue weighted by atomic mass is 10.2. The Morgan fingerprint density at radius 2 is 2.18 bits per heavy atom. The van der Waals surface area contributed by atoms with E-state index in [-0.39, 0.29) is 18.5 Å². The van der Waals surface area contributed by atoms with Crippen molar-refractivity contribution in [3.63, 3.8) is 0 Å². The van der Waals surface area contributed by atoms with Gasteiger partial charge in [-0.3, -0.25) is 4.79 Å². The molecule has 6 nitrogen and oxygen atoms in total. The molecule has 1 heterocycles. The second-order valence-corrected chi connectivity index (χ2v) is 6.38. The Balaban J connectivity index is 2.60. The molecule has 0 unspecified atom stereocenters. The van der Waals surface area contributed by atoms with Gasteiger partial charge in [0.2, 0.25) is 10.0 Å². The van der Waals surface area contributed by atoms with Gasteiger partial charge in [-0.15, -0.1) is 0 Å². The number of hydrogen-bond acceptors (Lipinski definition) is 4. The summed E-state index contributed by atoms with van der Waals surface area (Å²) < 4.78 is 30.1. The zero-order valence-corrected chi connectivity index (χ0v) is 10.9. The molecule has 0 aromatic carbocycles. The molecular weight excluding hydrogens is 246 g/mol. The van der Waals surface area contributed by atoms with Crippen molar-refractivity contribution in [1.29, 1.82) is 0 Å². The van der Waals surface area contributed by atoms with Crippen molar-refractivity contribution in [1.82, 2.24) is 4.31 Å². The highest BCUT2D eigenvalue weighted by Gasteiger charge is 2.38. The first kappa shape index (κ1) is 14.4. The van der Waals surface area contributed by atoms with Gasteiger partial charge < -0.3 is 9.84 Å². The maximum absolute atomic E-state index is 11.9. The van der Waals surface area contributed by atoms with Crippen LogP contribution in [0.4, 0.5) is 0 Å². The number of rotatable bonds is 6. The van der Waals surface area contributed by atoms with E-state index in [0.29, 0.717) is 19.4 Å². The average molecular weight is 265 g/mol. The number of ether oxygens (including phenoxy) is 1. The van der Waals surface area contributed by atoms with Crippen molar-refractivity contribution in [3.05, 3.63) is 0 Å². The third-order valence-electron chi connectivity index (χ3n) is 2.64. The molecule has 0 aromatic rings. The van der Waals surface area contributed by atoms with Crippen molar-refractivity contribution in [2.75, 3.05) is 18.9 Å². The Hall–Kier alpha value is -0.660. The molecule has 0 amide bonds. The fraction of sp³-hybridized carbons (Fsp3) is 0.900. The van der Waals surface area contributed by atoms with Gasteiger partial charge in [-0.1, -0.05) is 0 Å². The zero-order valence-electron chi connectivity index (χ0n) is 10.1. The molecular formula is C10H19NO5S. The molecule has 1 N–H and O–H groups in total. The summed E-state index contributed by atoms with van der Waals surface area (Å²) in [5, 5.41) is 8.92. The van der Waals surface area contributed by atoms with E-state index < -0.39 is 22.0 Å². The van der Waals surface area contributed by atoms with Gasteiger partial charge in [0.05, 0.1) is 18.5 Å². The minimum atomic E-state index is -3.52. The fourth-order valence-corrected chi connectivity index (χ4v) is 3.36. The highest BCUT2D eigenvalue weighted by atomic mass is 32.2. The normalized spacial score (nSPS) is 22.2. The molecule has 0 aliphatic carbocycles. The lowest BCUT2D eigenvalue weighted by Gasteiger charge is -2.21. The number of carboxylic acids is 1. The Morgan fingerprint density at radius 3 is 2.71 bits per heavy atom. The molecule has 1 aliphatic heterocycles. The molecule has 1 saturated heterocycles. The quantitative estimate of drug-likeness (QED) is 0.746. The van der Waals surface area contributed by atoms with Crippen molar-refractivity contribution in [3.8, 4) is 0 Å². The molecule has 0 radical (unpaired) electrons. The predicted molar refractivity (Wildman–Crippen MR) is 62.2 cm³/mol. The molecule has 7 heteroatoms. The highest BCUT2D eigenvalue weighted by molar-refractivity contribution is 7.89. The molecule has 1 fully saturated rings. The topological polar surface area (TPSA) is 83.9 Å². The van der Waals surface area contributed by atoms with Crippen LogP contribution in [0.25, 0.3) is 0 Å². The molecule has 100 valence electrons. The second-order valence-electron chi connectivity index (χ2n) is 4.34. The van der Waals surface area contributed by atoms with Crippen LogP contribution in [-0.4, -0.2) is 54.8 Å². The van der Waals surface area contributed by atoms with Crippen molar-refractivity contribution >= 4 is 16.0 Å². The van der Waals surface area contributed by atoms with Crippen molar-refractivity contribution in [2.24, 2.45) is 0 Å². The second kappa shape index (κ2) is 5.79. The van der Waals surface area contributed by atoms with E-state index in [1.807, 2.05) is 13.8 Å². The van der Waals surface area contributed by atoms with Gasteiger partial charge >= 0.3 is 5.97 Å². The van der Waals surface area contributed by atoms with E-state index in [4.69, 9.17) is 9.84 Å².